The van der Waals surface area contributed by atoms with Crippen molar-refractivity contribution in [2.24, 2.45) is 0 Å². The van der Waals surface area contributed by atoms with E-state index in [1.807, 2.05) is 18.2 Å². The van der Waals surface area contributed by atoms with E-state index in [9.17, 15) is 13.2 Å². The van der Waals surface area contributed by atoms with Crippen LogP contribution in [-0.4, -0.2) is 53.3 Å². The van der Waals surface area contributed by atoms with Gasteiger partial charge in [-0.25, -0.2) is 8.42 Å². The van der Waals surface area contributed by atoms with Gasteiger partial charge in [0.05, 0.1) is 17.1 Å². The minimum Gasteiger partial charge on any atom is -0.486 e. The van der Waals surface area contributed by atoms with Gasteiger partial charge in [-0.3, -0.25) is 9.10 Å². The Morgan fingerprint density at radius 1 is 0.857 bits per heavy atom. The van der Waals surface area contributed by atoms with Crippen LogP contribution in [0.2, 0.25) is 0 Å². The fraction of sp³-hybridized carbons (Fsp3) is 0.240. The average Bonchev–Trinajstić information content (AvgIpc) is 2.90. The molecule has 3 aromatic rings. The smallest absolute Gasteiger partial charge is 0.264 e. The molecule has 2 heterocycles. The third kappa shape index (κ3) is 4.97. The summed E-state index contributed by atoms with van der Waals surface area (Å²) in [4.78, 5) is 13.0. The second kappa shape index (κ2) is 9.75. The third-order valence-corrected chi connectivity index (χ3v) is 7.31. The molecule has 0 aliphatic carbocycles. The van der Waals surface area contributed by atoms with Gasteiger partial charge in [0, 0.05) is 6.07 Å². The van der Waals surface area contributed by atoms with Gasteiger partial charge in [-0.2, -0.15) is 0 Å². The lowest BCUT2D eigenvalue weighted by molar-refractivity contribution is -0.120. The molecule has 5 rings (SSSR count). The number of sulfonamides is 1. The zero-order valence-electron chi connectivity index (χ0n) is 18.8. The molecule has 0 spiro atoms. The van der Waals surface area contributed by atoms with Gasteiger partial charge in [0.1, 0.15) is 32.5 Å². The number of nitrogens with zero attached hydrogens (tertiary/aromatic N) is 1. The lowest BCUT2D eigenvalue weighted by atomic mass is 10.2. The molecule has 1 N–H and O–H groups in total. The highest BCUT2D eigenvalue weighted by Crippen LogP contribution is 2.36. The zero-order chi connectivity index (χ0) is 24.3. The molecule has 0 saturated heterocycles. The number of ether oxygens (including phenoxy) is 4. The Morgan fingerprint density at radius 2 is 1.54 bits per heavy atom. The Balaban J connectivity index is 1.34. The maximum absolute atomic E-state index is 13.5. The minimum absolute atomic E-state index is 0.0725. The molecule has 182 valence electrons. The van der Waals surface area contributed by atoms with E-state index in [0.717, 1.165) is 4.31 Å². The SMILES string of the molecule is O=C(CN(c1ccc2c(c1)OCCO2)S(=O)(=O)c1ccccc1)NCC1COc2ccccc2O1. The van der Waals surface area contributed by atoms with Crippen LogP contribution in [0.15, 0.2) is 77.7 Å². The predicted octanol–water partition coefficient (Wildman–Crippen LogP) is 2.61. The lowest BCUT2D eigenvalue weighted by Gasteiger charge is -2.28. The minimum atomic E-state index is -4.04. The summed E-state index contributed by atoms with van der Waals surface area (Å²) in [5.74, 6) is 1.71. The summed E-state index contributed by atoms with van der Waals surface area (Å²) in [6, 6.07) is 20.1. The van der Waals surface area contributed by atoms with Gasteiger partial charge in [-0.05, 0) is 36.4 Å². The molecule has 9 nitrogen and oxygen atoms in total. The van der Waals surface area contributed by atoms with Crippen LogP contribution < -0.4 is 28.6 Å². The average molecular weight is 497 g/mol. The van der Waals surface area contributed by atoms with Crippen molar-refractivity contribution in [2.75, 3.05) is 37.2 Å². The van der Waals surface area contributed by atoms with Gasteiger partial charge in [-0.15, -0.1) is 0 Å². The van der Waals surface area contributed by atoms with E-state index >= 15 is 0 Å². The van der Waals surface area contributed by atoms with Crippen LogP contribution >= 0.6 is 0 Å². The summed E-state index contributed by atoms with van der Waals surface area (Å²) in [7, 11) is -4.04. The topological polar surface area (TPSA) is 103 Å². The number of hydrogen-bond acceptors (Lipinski definition) is 7. The predicted molar refractivity (Wildman–Crippen MR) is 128 cm³/mol. The first-order valence-corrected chi connectivity index (χ1v) is 12.6. The fourth-order valence-corrected chi connectivity index (χ4v) is 5.23. The second-order valence-electron chi connectivity index (χ2n) is 7.95. The molecular formula is C25H24N2O7S. The Bertz CT molecular complexity index is 1310. The normalized spacial score (nSPS) is 16.3. The zero-order valence-corrected chi connectivity index (χ0v) is 19.6. The van der Waals surface area contributed by atoms with E-state index in [1.165, 1.54) is 12.1 Å². The van der Waals surface area contributed by atoms with Crippen molar-refractivity contribution >= 4 is 21.6 Å². The molecule has 1 amide bonds. The van der Waals surface area contributed by atoms with Gasteiger partial charge < -0.3 is 24.3 Å². The van der Waals surface area contributed by atoms with Crippen LogP contribution in [0.3, 0.4) is 0 Å². The molecule has 35 heavy (non-hydrogen) atoms. The quantitative estimate of drug-likeness (QED) is 0.536. The number of para-hydroxylation sites is 2. The number of anilines is 1. The van der Waals surface area contributed by atoms with Crippen LogP contribution in [0.25, 0.3) is 0 Å². The molecule has 3 aromatic carbocycles. The van der Waals surface area contributed by atoms with Crippen molar-refractivity contribution in [2.45, 2.75) is 11.0 Å². The lowest BCUT2D eigenvalue weighted by Crippen LogP contribution is -2.45. The van der Waals surface area contributed by atoms with Crippen molar-refractivity contribution < 1.29 is 32.2 Å². The summed E-state index contributed by atoms with van der Waals surface area (Å²) in [6.45, 7) is 0.771. The number of amides is 1. The van der Waals surface area contributed by atoms with Crippen LogP contribution in [0.5, 0.6) is 23.0 Å². The summed E-state index contributed by atoms with van der Waals surface area (Å²) < 4.78 is 50.8. The molecule has 0 bridgehead atoms. The van der Waals surface area contributed by atoms with Gasteiger partial charge >= 0.3 is 0 Å². The van der Waals surface area contributed by atoms with Crippen LogP contribution in [0.1, 0.15) is 0 Å². The third-order valence-electron chi connectivity index (χ3n) is 5.53. The Hall–Kier alpha value is -3.92. The highest BCUT2D eigenvalue weighted by molar-refractivity contribution is 7.92. The molecule has 1 unspecified atom stereocenters. The van der Waals surface area contributed by atoms with Crippen molar-refractivity contribution in [3.8, 4) is 23.0 Å². The maximum Gasteiger partial charge on any atom is 0.264 e. The molecule has 2 aliphatic rings. The first kappa shape index (κ1) is 22.9. The molecule has 0 saturated carbocycles. The number of nitrogens with one attached hydrogen (secondary N) is 1. The first-order chi connectivity index (χ1) is 17.0. The number of carbonyl (C=O) groups excluding carboxylic acids is 1. The van der Waals surface area contributed by atoms with Crippen LogP contribution in [0.4, 0.5) is 5.69 Å². The van der Waals surface area contributed by atoms with E-state index < -0.39 is 28.6 Å². The number of fused-ring (bicyclic) bond motifs is 2. The van der Waals surface area contributed by atoms with Crippen molar-refractivity contribution in [1.82, 2.24) is 5.32 Å². The van der Waals surface area contributed by atoms with E-state index in [0.29, 0.717) is 41.9 Å². The van der Waals surface area contributed by atoms with Crippen LogP contribution in [0, 0.1) is 0 Å². The standard InChI is InChI=1S/C25H24N2O7S/c28-25(26-15-19-17-33-21-8-4-5-9-23(21)34-19)16-27(35(29,30)20-6-2-1-3-7-20)18-10-11-22-24(14-18)32-13-12-31-22/h1-11,14,19H,12-13,15-17H2,(H,26,28). The molecule has 2 aliphatic heterocycles. The second-order valence-corrected chi connectivity index (χ2v) is 9.82. The van der Waals surface area contributed by atoms with Crippen molar-refractivity contribution in [3.05, 3.63) is 72.8 Å². The van der Waals surface area contributed by atoms with E-state index in [-0.39, 0.29) is 18.0 Å². The summed E-state index contributed by atoms with van der Waals surface area (Å²) in [6.07, 6.45) is -0.401. The van der Waals surface area contributed by atoms with E-state index in [2.05, 4.69) is 5.32 Å². The Labute approximate surface area is 203 Å². The molecule has 0 radical (unpaired) electrons. The van der Waals surface area contributed by atoms with E-state index in [1.54, 1.807) is 42.5 Å². The van der Waals surface area contributed by atoms with Crippen molar-refractivity contribution in [3.63, 3.8) is 0 Å². The molecular weight excluding hydrogens is 472 g/mol. The first-order valence-electron chi connectivity index (χ1n) is 11.1. The number of hydrogen-bond donors (Lipinski definition) is 1. The summed E-state index contributed by atoms with van der Waals surface area (Å²) >= 11 is 0. The Morgan fingerprint density at radius 3 is 2.34 bits per heavy atom. The van der Waals surface area contributed by atoms with Gasteiger partial charge in [-0.1, -0.05) is 30.3 Å². The largest absolute Gasteiger partial charge is 0.486 e. The summed E-state index contributed by atoms with van der Waals surface area (Å²) in [5, 5.41) is 2.76. The van der Waals surface area contributed by atoms with Crippen LogP contribution in [-0.2, 0) is 14.8 Å². The van der Waals surface area contributed by atoms with E-state index in [4.69, 9.17) is 18.9 Å². The molecule has 0 fully saturated rings. The van der Waals surface area contributed by atoms with Gasteiger partial charge in [0.2, 0.25) is 5.91 Å². The number of carbonyl (C=O) groups is 1. The number of rotatable bonds is 7. The highest BCUT2D eigenvalue weighted by Gasteiger charge is 2.29. The summed E-state index contributed by atoms with van der Waals surface area (Å²) in [5.41, 5.74) is 0.291. The van der Waals surface area contributed by atoms with Gasteiger partial charge in [0.25, 0.3) is 10.0 Å². The number of benzene rings is 3. The fourth-order valence-electron chi connectivity index (χ4n) is 3.80. The monoisotopic (exact) mass is 496 g/mol. The van der Waals surface area contributed by atoms with Crippen molar-refractivity contribution in [1.29, 1.82) is 0 Å². The Kier molecular flexibility index (Phi) is 6.37. The van der Waals surface area contributed by atoms with Gasteiger partial charge in [0.15, 0.2) is 23.0 Å². The maximum atomic E-state index is 13.5. The highest BCUT2D eigenvalue weighted by atomic mass is 32.2. The molecule has 1 atom stereocenters. The molecule has 0 aromatic heterocycles. The molecule has 10 heteroatoms.